The van der Waals surface area contributed by atoms with Crippen LogP contribution in [0.2, 0.25) is 0 Å². The number of nitro benzene ring substituents is 1. The van der Waals surface area contributed by atoms with E-state index in [-0.39, 0.29) is 11.4 Å². The molecular weight excluding hydrogens is 265 g/mol. The van der Waals surface area contributed by atoms with Crippen LogP contribution in [0.5, 0.6) is 11.6 Å². The van der Waals surface area contributed by atoms with Gasteiger partial charge in [0, 0.05) is 17.8 Å². The third-order valence-electron chi connectivity index (χ3n) is 2.41. The molecule has 100 valence electrons. The lowest BCUT2D eigenvalue weighted by atomic mass is 10.2. The number of halogens is 1. The highest BCUT2D eigenvalue weighted by atomic mass is 19.1. The van der Waals surface area contributed by atoms with Gasteiger partial charge in [0.2, 0.25) is 11.6 Å². The van der Waals surface area contributed by atoms with Crippen molar-refractivity contribution in [3.05, 3.63) is 57.5 Å². The van der Waals surface area contributed by atoms with Crippen molar-refractivity contribution >= 4 is 5.69 Å². The lowest BCUT2D eigenvalue weighted by Gasteiger charge is -2.07. The van der Waals surface area contributed by atoms with Crippen LogP contribution in [-0.4, -0.2) is 9.91 Å². The predicted octanol–water partition coefficient (Wildman–Crippen LogP) is 3.10. The van der Waals surface area contributed by atoms with Crippen LogP contribution >= 0.6 is 0 Å². The summed E-state index contributed by atoms with van der Waals surface area (Å²) in [7, 11) is 0. The van der Waals surface area contributed by atoms with Gasteiger partial charge in [-0.05, 0) is 19.1 Å². The largest absolute Gasteiger partial charge is 0.429 e. The molecule has 2 rings (SSSR count). The zero-order valence-corrected chi connectivity index (χ0v) is 10.3. The molecule has 0 atom stereocenters. The smallest absolute Gasteiger partial charge is 0.314 e. The molecule has 0 amide bonds. The molecule has 1 heterocycles. The maximum Gasteiger partial charge on any atom is 0.314 e. The van der Waals surface area contributed by atoms with Gasteiger partial charge in [-0.25, -0.2) is 9.37 Å². The molecule has 0 aliphatic rings. The summed E-state index contributed by atoms with van der Waals surface area (Å²) >= 11 is 0. The van der Waals surface area contributed by atoms with Crippen LogP contribution < -0.4 is 4.74 Å². The van der Waals surface area contributed by atoms with Gasteiger partial charge in [0.05, 0.1) is 16.6 Å². The number of benzene rings is 1. The van der Waals surface area contributed by atoms with Gasteiger partial charge in [0.15, 0.2) is 5.82 Å². The number of nitrogens with zero attached hydrogens (tertiary/aromatic N) is 3. The molecule has 1 aromatic carbocycles. The van der Waals surface area contributed by atoms with Crippen LogP contribution in [0.1, 0.15) is 11.3 Å². The summed E-state index contributed by atoms with van der Waals surface area (Å²) in [6.07, 6.45) is 0. The standard InChI is InChI=1S/C13H8FN3O3/c1-8-5-9(7-15)6-12(16-8)20-13-10(14)3-2-4-11(13)17(18)19/h2-6H,1H3. The third kappa shape index (κ3) is 2.70. The minimum Gasteiger partial charge on any atom is -0.429 e. The molecule has 1 aromatic heterocycles. The molecule has 0 aliphatic carbocycles. The number of hydrogen-bond donors (Lipinski definition) is 0. The van der Waals surface area contributed by atoms with E-state index in [1.165, 1.54) is 18.2 Å². The average Bonchev–Trinajstić information content (AvgIpc) is 2.40. The van der Waals surface area contributed by atoms with E-state index in [9.17, 15) is 14.5 Å². The van der Waals surface area contributed by atoms with Crippen molar-refractivity contribution in [2.75, 3.05) is 0 Å². The molecule has 7 heteroatoms. The van der Waals surface area contributed by atoms with Gasteiger partial charge in [-0.1, -0.05) is 6.07 Å². The van der Waals surface area contributed by atoms with E-state index in [4.69, 9.17) is 10.00 Å². The number of aryl methyl sites for hydroxylation is 1. The van der Waals surface area contributed by atoms with Crippen molar-refractivity contribution < 1.29 is 14.1 Å². The molecule has 0 aliphatic heterocycles. The normalized spacial score (nSPS) is 9.85. The van der Waals surface area contributed by atoms with E-state index < -0.39 is 22.2 Å². The second kappa shape index (κ2) is 5.32. The summed E-state index contributed by atoms with van der Waals surface area (Å²) in [5, 5.41) is 19.7. The molecule has 6 nitrogen and oxygen atoms in total. The number of hydrogen-bond acceptors (Lipinski definition) is 5. The summed E-state index contributed by atoms with van der Waals surface area (Å²) in [5.74, 6) is -1.48. The Morgan fingerprint density at radius 2 is 2.20 bits per heavy atom. The van der Waals surface area contributed by atoms with E-state index in [0.29, 0.717) is 5.69 Å². The number of pyridine rings is 1. The van der Waals surface area contributed by atoms with E-state index in [1.54, 1.807) is 6.92 Å². The molecule has 0 radical (unpaired) electrons. The van der Waals surface area contributed by atoms with Crippen molar-refractivity contribution in [3.63, 3.8) is 0 Å². The summed E-state index contributed by atoms with van der Waals surface area (Å²) in [5.41, 5.74) is 0.247. The molecule has 0 N–H and O–H groups in total. The number of para-hydroxylation sites is 1. The van der Waals surface area contributed by atoms with Gasteiger partial charge in [0.25, 0.3) is 0 Å². The Morgan fingerprint density at radius 1 is 1.45 bits per heavy atom. The van der Waals surface area contributed by atoms with Gasteiger partial charge >= 0.3 is 5.69 Å². The van der Waals surface area contributed by atoms with Crippen molar-refractivity contribution in [1.82, 2.24) is 4.98 Å². The van der Waals surface area contributed by atoms with Crippen molar-refractivity contribution in [3.8, 4) is 17.7 Å². The summed E-state index contributed by atoms with van der Waals surface area (Å²) in [6, 6.07) is 8.08. The Hall–Kier alpha value is -3.01. The molecule has 0 saturated heterocycles. The van der Waals surface area contributed by atoms with Crippen LogP contribution in [0, 0.1) is 34.2 Å². The molecular formula is C13H8FN3O3. The Balaban J connectivity index is 2.48. The summed E-state index contributed by atoms with van der Waals surface area (Å²) in [6.45, 7) is 1.63. The fourth-order valence-electron chi connectivity index (χ4n) is 1.60. The fourth-order valence-corrected chi connectivity index (χ4v) is 1.60. The first-order valence-electron chi connectivity index (χ1n) is 5.51. The van der Waals surface area contributed by atoms with E-state index in [0.717, 1.165) is 12.1 Å². The summed E-state index contributed by atoms with van der Waals surface area (Å²) < 4.78 is 18.8. The van der Waals surface area contributed by atoms with Gasteiger partial charge in [-0.3, -0.25) is 10.1 Å². The van der Waals surface area contributed by atoms with Crippen LogP contribution in [0.3, 0.4) is 0 Å². The minimum atomic E-state index is -0.874. The van der Waals surface area contributed by atoms with Crippen LogP contribution in [0.25, 0.3) is 0 Å². The minimum absolute atomic E-state index is 0.0743. The quantitative estimate of drug-likeness (QED) is 0.633. The highest BCUT2D eigenvalue weighted by molar-refractivity contribution is 5.49. The molecule has 2 aromatic rings. The first kappa shape index (κ1) is 13.4. The van der Waals surface area contributed by atoms with Gasteiger partial charge in [-0.15, -0.1) is 0 Å². The van der Waals surface area contributed by atoms with E-state index in [1.807, 2.05) is 6.07 Å². The highest BCUT2D eigenvalue weighted by Gasteiger charge is 2.20. The van der Waals surface area contributed by atoms with Crippen LogP contribution in [0.4, 0.5) is 10.1 Å². The number of ether oxygens (including phenoxy) is 1. The molecule has 0 spiro atoms. The van der Waals surface area contributed by atoms with Crippen molar-refractivity contribution in [2.45, 2.75) is 6.92 Å². The summed E-state index contributed by atoms with van der Waals surface area (Å²) in [4.78, 5) is 14.0. The Kier molecular flexibility index (Phi) is 3.57. The third-order valence-corrected chi connectivity index (χ3v) is 2.41. The Labute approximate surface area is 113 Å². The number of aromatic nitrogens is 1. The van der Waals surface area contributed by atoms with Crippen LogP contribution in [-0.2, 0) is 0 Å². The Morgan fingerprint density at radius 3 is 2.85 bits per heavy atom. The molecule has 0 unspecified atom stereocenters. The van der Waals surface area contributed by atoms with Gasteiger partial charge in [0.1, 0.15) is 0 Å². The topological polar surface area (TPSA) is 89.0 Å². The molecule has 0 bridgehead atoms. The average molecular weight is 273 g/mol. The molecule has 20 heavy (non-hydrogen) atoms. The lowest BCUT2D eigenvalue weighted by Crippen LogP contribution is -1.98. The van der Waals surface area contributed by atoms with Crippen molar-refractivity contribution in [2.24, 2.45) is 0 Å². The Bertz CT molecular complexity index is 725. The van der Waals surface area contributed by atoms with Crippen molar-refractivity contribution in [1.29, 1.82) is 5.26 Å². The monoisotopic (exact) mass is 273 g/mol. The first-order chi connectivity index (χ1) is 9.51. The molecule has 0 fully saturated rings. The number of nitriles is 1. The second-order valence-corrected chi connectivity index (χ2v) is 3.89. The molecule has 0 saturated carbocycles. The predicted molar refractivity (Wildman–Crippen MR) is 66.8 cm³/mol. The van der Waals surface area contributed by atoms with Gasteiger partial charge < -0.3 is 4.74 Å². The first-order valence-corrected chi connectivity index (χ1v) is 5.51. The highest BCUT2D eigenvalue weighted by Crippen LogP contribution is 2.33. The van der Waals surface area contributed by atoms with E-state index in [2.05, 4.69) is 4.98 Å². The SMILES string of the molecule is Cc1cc(C#N)cc(Oc2c(F)cccc2[N+](=O)[O-])n1. The second-order valence-electron chi connectivity index (χ2n) is 3.89. The zero-order valence-electron chi connectivity index (χ0n) is 10.3. The zero-order chi connectivity index (χ0) is 14.7. The maximum absolute atomic E-state index is 13.7. The van der Waals surface area contributed by atoms with Crippen LogP contribution in [0.15, 0.2) is 30.3 Å². The fraction of sp³-hybridized carbons (Fsp3) is 0.0769. The maximum atomic E-state index is 13.7. The number of rotatable bonds is 3. The number of nitro groups is 1. The van der Waals surface area contributed by atoms with E-state index >= 15 is 0 Å². The lowest BCUT2D eigenvalue weighted by molar-refractivity contribution is -0.385. The van der Waals surface area contributed by atoms with Gasteiger partial charge in [-0.2, -0.15) is 5.26 Å².